The summed E-state index contributed by atoms with van der Waals surface area (Å²) in [5.74, 6) is -0.223. The second-order valence-electron chi connectivity index (χ2n) is 5.01. The molecule has 19 heavy (non-hydrogen) atoms. The van der Waals surface area contributed by atoms with Crippen LogP contribution < -0.4 is 5.32 Å². The number of carbonyl (C=O) groups is 1. The van der Waals surface area contributed by atoms with Gasteiger partial charge in [-0.2, -0.15) is 0 Å². The number of amides is 1. The molecule has 2 rings (SSSR count). The summed E-state index contributed by atoms with van der Waals surface area (Å²) in [7, 11) is -3.05. The second kappa shape index (κ2) is 5.07. The third kappa shape index (κ3) is 3.70. The van der Waals surface area contributed by atoms with Crippen molar-refractivity contribution < 1.29 is 13.2 Å². The van der Waals surface area contributed by atoms with Gasteiger partial charge in [0.25, 0.3) is 5.91 Å². The van der Waals surface area contributed by atoms with Gasteiger partial charge in [0.05, 0.1) is 17.0 Å². The van der Waals surface area contributed by atoms with Gasteiger partial charge in [-0.25, -0.2) is 8.42 Å². The van der Waals surface area contributed by atoms with E-state index in [2.05, 4.69) is 21.2 Å². The van der Waals surface area contributed by atoms with Gasteiger partial charge in [0.2, 0.25) is 0 Å². The van der Waals surface area contributed by atoms with E-state index >= 15 is 0 Å². The number of rotatable bonds is 2. The molecule has 1 unspecified atom stereocenters. The maximum atomic E-state index is 12.1. The van der Waals surface area contributed by atoms with Crippen LogP contribution in [0.2, 0.25) is 5.02 Å². The largest absolute Gasteiger partial charge is 0.346 e. The predicted octanol–water partition coefficient (Wildman–Crippen LogP) is 2.41. The third-order valence-electron chi connectivity index (χ3n) is 3.04. The van der Waals surface area contributed by atoms with Gasteiger partial charge in [-0.3, -0.25) is 4.79 Å². The summed E-state index contributed by atoms with van der Waals surface area (Å²) in [6, 6.07) is 4.88. The summed E-state index contributed by atoms with van der Waals surface area (Å²) in [5.41, 5.74) is -0.296. The van der Waals surface area contributed by atoms with E-state index in [0.29, 0.717) is 21.5 Å². The highest BCUT2D eigenvalue weighted by Crippen LogP contribution is 2.24. The summed E-state index contributed by atoms with van der Waals surface area (Å²) in [6.07, 6.45) is 0.433. The number of benzene rings is 1. The van der Waals surface area contributed by atoms with Gasteiger partial charge in [-0.05, 0) is 31.5 Å². The zero-order chi connectivity index (χ0) is 14.3. The van der Waals surface area contributed by atoms with E-state index in [1.54, 1.807) is 25.1 Å². The minimum absolute atomic E-state index is 0.0204. The highest BCUT2D eigenvalue weighted by atomic mass is 79.9. The van der Waals surface area contributed by atoms with Crippen molar-refractivity contribution in [3.05, 3.63) is 33.3 Å². The second-order valence-corrected chi connectivity index (χ2v) is 8.55. The molecule has 0 aliphatic carbocycles. The van der Waals surface area contributed by atoms with E-state index in [1.165, 1.54) is 0 Å². The van der Waals surface area contributed by atoms with Gasteiger partial charge in [0.15, 0.2) is 9.84 Å². The first-order valence-electron chi connectivity index (χ1n) is 5.68. The summed E-state index contributed by atoms with van der Waals surface area (Å²) in [5, 5.41) is 3.23. The number of hydrogen-bond acceptors (Lipinski definition) is 3. The molecule has 1 saturated heterocycles. The van der Waals surface area contributed by atoms with Crippen molar-refractivity contribution in [2.75, 3.05) is 11.5 Å². The lowest BCUT2D eigenvalue weighted by atomic mass is 10.0. The lowest BCUT2D eigenvalue weighted by Gasteiger charge is -2.24. The van der Waals surface area contributed by atoms with Crippen LogP contribution in [0.4, 0.5) is 0 Å². The highest BCUT2D eigenvalue weighted by molar-refractivity contribution is 9.10. The van der Waals surface area contributed by atoms with Crippen molar-refractivity contribution in [3.63, 3.8) is 0 Å². The quantitative estimate of drug-likeness (QED) is 0.874. The van der Waals surface area contributed by atoms with Gasteiger partial charge in [-0.15, -0.1) is 0 Å². The Kier molecular flexibility index (Phi) is 3.95. The maximum absolute atomic E-state index is 12.1. The molecular weight excluding hydrogens is 354 g/mol. The molecule has 1 N–H and O–H groups in total. The molecule has 0 saturated carbocycles. The van der Waals surface area contributed by atoms with Crippen molar-refractivity contribution in [1.82, 2.24) is 5.32 Å². The van der Waals surface area contributed by atoms with Crippen molar-refractivity contribution in [2.45, 2.75) is 18.9 Å². The fourth-order valence-electron chi connectivity index (χ4n) is 2.14. The summed E-state index contributed by atoms with van der Waals surface area (Å²) in [6.45, 7) is 1.75. The van der Waals surface area contributed by atoms with E-state index in [4.69, 9.17) is 11.6 Å². The molecule has 1 aliphatic heterocycles. The van der Waals surface area contributed by atoms with E-state index in [-0.39, 0.29) is 17.4 Å². The van der Waals surface area contributed by atoms with Crippen molar-refractivity contribution in [3.8, 4) is 0 Å². The van der Waals surface area contributed by atoms with E-state index < -0.39 is 15.4 Å². The first kappa shape index (κ1) is 14.8. The van der Waals surface area contributed by atoms with Gasteiger partial charge >= 0.3 is 0 Å². The van der Waals surface area contributed by atoms with Gasteiger partial charge < -0.3 is 5.32 Å². The van der Waals surface area contributed by atoms with Crippen molar-refractivity contribution in [1.29, 1.82) is 0 Å². The van der Waals surface area contributed by atoms with E-state index in [0.717, 1.165) is 0 Å². The Morgan fingerprint density at radius 3 is 2.63 bits per heavy atom. The van der Waals surface area contributed by atoms with Gasteiger partial charge in [0, 0.05) is 15.1 Å². The molecule has 7 heteroatoms. The predicted molar refractivity (Wildman–Crippen MR) is 78.3 cm³/mol. The van der Waals surface area contributed by atoms with Crippen molar-refractivity contribution in [2.24, 2.45) is 0 Å². The van der Waals surface area contributed by atoms with Gasteiger partial charge in [0.1, 0.15) is 0 Å². The molecule has 1 aromatic carbocycles. The Hall–Kier alpha value is -0.590. The molecule has 0 bridgehead atoms. The number of sulfone groups is 1. The molecule has 0 radical (unpaired) electrons. The van der Waals surface area contributed by atoms with Crippen LogP contribution in [0.5, 0.6) is 0 Å². The Morgan fingerprint density at radius 2 is 2.11 bits per heavy atom. The molecule has 1 fully saturated rings. The third-order valence-corrected chi connectivity index (χ3v) is 5.62. The summed E-state index contributed by atoms with van der Waals surface area (Å²) < 4.78 is 23.7. The van der Waals surface area contributed by atoms with Crippen LogP contribution in [0.25, 0.3) is 0 Å². The molecule has 1 heterocycles. The minimum Gasteiger partial charge on any atom is -0.346 e. The number of nitrogens with one attached hydrogen (secondary N) is 1. The van der Waals surface area contributed by atoms with Crippen LogP contribution in [-0.4, -0.2) is 31.4 Å². The molecule has 0 spiro atoms. The molecule has 1 aromatic rings. The Bertz CT molecular complexity index is 612. The topological polar surface area (TPSA) is 63.2 Å². The Balaban J connectivity index is 2.18. The van der Waals surface area contributed by atoms with Crippen LogP contribution in [-0.2, 0) is 9.84 Å². The van der Waals surface area contributed by atoms with Crippen LogP contribution in [0.1, 0.15) is 23.7 Å². The average molecular weight is 367 g/mol. The average Bonchev–Trinajstić information content (AvgIpc) is 2.51. The summed E-state index contributed by atoms with van der Waals surface area (Å²) >= 11 is 9.15. The Labute approximate surface area is 125 Å². The zero-order valence-electron chi connectivity index (χ0n) is 10.2. The molecule has 1 amide bonds. The lowest BCUT2D eigenvalue weighted by molar-refractivity contribution is 0.0915. The fourth-order valence-corrected chi connectivity index (χ4v) is 5.09. The number of halogens is 2. The maximum Gasteiger partial charge on any atom is 0.251 e. The molecule has 4 nitrogen and oxygen atoms in total. The van der Waals surface area contributed by atoms with Gasteiger partial charge in [-0.1, -0.05) is 27.5 Å². The zero-order valence-corrected chi connectivity index (χ0v) is 13.4. The highest BCUT2D eigenvalue weighted by Gasteiger charge is 2.39. The molecular formula is C12H13BrClNO3S. The standard InChI is InChI=1S/C12H13BrClNO3S/c1-12(2-3-19(17,18)7-12)15-11(16)8-4-9(13)6-10(14)5-8/h4-6H,2-3,7H2,1H3,(H,15,16). The summed E-state index contributed by atoms with van der Waals surface area (Å²) in [4.78, 5) is 12.1. The van der Waals surface area contributed by atoms with Crippen LogP contribution >= 0.6 is 27.5 Å². The fraction of sp³-hybridized carbons (Fsp3) is 0.417. The van der Waals surface area contributed by atoms with Crippen molar-refractivity contribution >= 4 is 43.3 Å². The first-order valence-corrected chi connectivity index (χ1v) is 8.67. The molecule has 0 aromatic heterocycles. The minimum atomic E-state index is -3.05. The lowest BCUT2D eigenvalue weighted by Crippen LogP contribution is -2.46. The van der Waals surface area contributed by atoms with E-state index in [9.17, 15) is 13.2 Å². The smallest absolute Gasteiger partial charge is 0.251 e. The normalized spacial score (nSPS) is 25.2. The molecule has 104 valence electrons. The van der Waals surface area contributed by atoms with Crippen LogP contribution in [0, 0.1) is 0 Å². The van der Waals surface area contributed by atoms with Crippen LogP contribution in [0.3, 0.4) is 0 Å². The monoisotopic (exact) mass is 365 g/mol. The Morgan fingerprint density at radius 1 is 1.42 bits per heavy atom. The molecule has 1 atom stereocenters. The number of hydrogen-bond donors (Lipinski definition) is 1. The first-order chi connectivity index (χ1) is 8.69. The van der Waals surface area contributed by atoms with Crippen LogP contribution in [0.15, 0.2) is 22.7 Å². The number of carbonyl (C=O) groups excluding carboxylic acids is 1. The SMILES string of the molecule is CC1(NC(=O)c2cc(Cl)cc(Br)c2)CCS(=O)(=O)C1. The van der Waals surface area contributed by atoms with E-state index in [1.807, 2.05) is 0 Å². The molecule has 1 aliphatic rings.